The lowest BCUT2D eigenvalue weighted by atomic mass is 10.1. The molecule has 4 rings (SSSR count). The first-order valence-electron chi connectivity index (χ1n) is 7.29. The van der Waals surface area contributed by atoms with Gasteiger partial charge in [0.15, 0.2) is 17.3 Å². The fourth-order valence-electron chi connectivity index (χ4n) is 2.66. The fraction of sp³-hybridized carbons (Fsp3) is 0.167. The minimum Gasteiger partial charge on any atom is -0.497 e. The number of ketones is 1. The van der Waals surface area contributed by atoms with Crippen molar-refractivity contribution in [3.63, 3.8) is 0 Å². The average molecular weight is 326 g/mol. The number of methoxy groups -OCH3 is 2. The number of furan rings is 1. The minimum atomic E-state index is -0.271. The molecule has 0 spiro atoms. The number of hydrogen-bond acceptors (Lipinski definition) is 6. The summed E-state index contributed by atoms with van der Waals surface area (Å²) in [5, 5.41) is 0.773. The minimum absolute atomic E-state index is 0.191. The largest absolute Gasteiger partial charge is 0.497 e. The molecule has 1 aliphatic rings. The van der Waals surface area contributed by atoms with Crippen molar-refractivity contribution in [2.24, 2.45) is 0 Å². The zero-order chi connectivity index (χ0) is 16.7. The van der Waals surface area contributed by atoms with E-state index in [9.17, 15) is 4.79 Å². The van der Waals surface area contributed by atoms with Gasteiger partial charge in [0.25, 0.3) is 0 Å². The zero-order valence-electron chi connectivity index (χ0n) is 13.1. The molecule has 3 aromatic rings. The van der Waals surface area contributed by atoms with E-state index in [2.05, 4.69) is 0 Å². The molecule has 0 unspecified atom stereocenters. The van der Waals surface area contributed by atoms with Gasteiger partial charge in [0, 0.05) is 17.5 Å². The molecule has 0 bridgehead atoms. The summed E-state index contributed by atoms with van der Waals surface area (Å²) < 4.78 is 26.8. The van der Waals surface area contributed by atoms with E-state index < -0.39 is 0 Å². The van der Waals surface area contributed by atoms with E-state index in [1.165, 1.54) is 7.11 Å². The Labute approximate surface area is 137 Å². The van der Waals surface area contributed by atoms with Crippen molar-refractivity contribution in [1.82, 2.24) is 0 Å². The Morgan fingerprint density at radius 3 is 2.54 bits per heavy atom. The molecule has 0 aliphatic carbocycles. The van der Waals surface area contributed by atoms with Gasteiger partial charge in [0.1, 0.15) is 17.1 Å². The van der Waals surface area contributed by atoms with Gasteiger partial charge in [-0.3, -0.25) is 4.79 Å². The van der Waals surface area contributed by atoms with Crippen molar-refractivity contribution in [3.8, 4) is 23.0 Å². The molecule has 0 fully saturated rings. The van der Waals surface area contributed by atoms with Crippen LogP contribution in [0.15, 0.2) is 40.8 Å². The molecule has 2 heterocycles. The molecule has 0 saturated carbocycles. The highest BCUT2D eigenvalue weighted by Crippen LogP contribution is 2.38. The third kappa shape index (κ3) is 2.23. The van der Waals surface area contributed by atoms with Gasteiger partial charge < -0.3 is 23.4 Å². The van der Waals surface area contributed by atoms with Crippen LogP contribution in [0.2, 0.25) is 0 Å². The van der Waals surface area contributed by atoms with E-state index in [4.69, 9.17) is 23.4 Å². The maximum absolute atomic E-state index is 12.8. The van der Waals surface area contributed by atoms with Crippen LogP contribution in [0, 0.1) is 0 Å². The van der Waals surface area contributed by atoms with Crippen molar-refractivity contribution in [3.05, 3.63) is 47.7 Å². The Hall–Kier alpha value is -3.15. The van der Waals surface area contributed by atoms with Crippen molar-refractivity contribution in [2.75, 3.05) is 21.0 Å². The van der Waals surface area contributed by atoms with Crippen molar-refractivity contribution >= 4 is 16.8 Å². The van der Waals surface area contributed by atoms with Crippen LogP contribution in [0.4, 0.5) is 0 Å². The van der Waals surface area contributed by atoms with Crippen molar-refractivity contribution in [2.45, 2.75) is 0 Å². The molecule has 1 aromatic heterocycles. The molecule has 0 amide bonds. The highest BCUT2D eigenvalue weighted by molar-refractivity contribution is 6.10. The molecule has 0 N–H and O–H groups in total. The second-order valence-electron chi connectivity index (χ2n) is 5.25. The molecule has 122 valence electrons. The third-order valence-electron chi connectivity index (χ3n) is 3.89. The van der Waals surface area contributed by atoms with Crippen LogP contribution in [0.5, 0.6) is 23.0 Å². The topological polar surface area (TPSA) is 67.1 Å². The Kier molecular flexibility index (Phi) is 3.30. The Balaban J connectivity index is 1.76. The first-order valence-corrected chi connectivity index (χ1v) is 7.29. The van der Waals surface area contributed by atoms with Gasteiger partial charge in [-0.25, -0.2) is 0 Å². The molecular formula is C18H14O6. The summed E-state index contributed by atoms with van der Waals surface area (Å²) in [6.07, 6.45) is 0. The van der Waals surface area contributed by atoms with Gasteiger partial charge >= 0.3 is 0 Å². The van der Waals surface area contributed by atoms with E-state index in [0.717, 1.165) is 5.39 Å². The molecular weight excluding hydrogens is 312 g/mol. The monoisotopic (exact) mass is 326 g/mol. The zero-order valence-corrected chi connectivity index (χ0v) is 13.1. The number of fused-ring (bicyclic) bond motifs is 2. The highest BCUT2D eigenvalue weighted by Gasteiger charge is 2.22. The molecule has 6 heteroatoms. The fourth-order valence-corrected chi connectivity index (χ4v) is 2.66. The summed E-state index contributed by atoms with van der Waals surface area (Å²) in [5.74, 6) is 2.24. The van der Waals surface area contributed by atoms with E-state index in [1.54, 1.807) is 43.5 Å². The predicted molar refractivity (Wildman–Crippen MR) is 85.3 cm³/mol. The number of hydrogen-bond donors (Lipinski definition) is 0. The number of benzene rings is 2. The van der Waals surface area contributed by atoms with Crippen LogP contribution in [0.1, 0.15) is 16.1 Å². The molecule has 0 saturated heterocycles. The van der Waals surface area contributed by atoms with E-state index >= 15 is 0 Å². The van der Waals surface area contributed by atoms with Crippen LogP contribution in [-0.4, -0.2) is 26.8 Å². The Bertz CT molecular complexity index is 899. The number of carbonyl (C=O) groups is 1. The van der Waals surface area contributed by atoms with Crippen LogP contribution >= 0.6 is 0 Å². The maximum Gasteiger partial charge on any atom is 0.231 e. The van der Waals surface area contributed by atoms with Gasteiger partial charge in [-0.2, -0.15) is 0 Å². The van der Waals surface area contributed by atoms with Gasteiger partial charge in [-0.15, -0.1) is 0 Å². The van der Waals surface area contributed by atoms with Crippen LogP contribution in [-0.2, 0) is 0 Å². The van der Waals surface area contributed by atoms with E-state index in [-0.39, 0.29) is 18.3 Å². The van der Waals surface area contributed by atoms with Crippen LogP contribution < -0.4 is 18.9 Å². The first-order chi connectivity index (χ1) is 11.7. The lowest BCUT2D eigenvalue weighted by Crippen LogP contribution is -2.03. The summed E-state index contributed by atoms with van der Waals surface area (Å²) in [4.78, 5) is 12.8. The summed E-state index contributed by atoms with van der Waals surface area (Å²) in [6, 6.07) is 10.2. The lowest BCUT2D eigenvalue weighted by Gasteiger charge is -2.08. The lowest BCUT2D eigenvalue weighted by molar-refractivity contribution is 0.101. The first kappa shape index (κ1) is 14.4. The molecule has 6 nitrogen and oxygen atoms in total. The molecule has 24 heavy (non-hydrogen) atoms. The number of ether oxygens (including phenoxy) is 4. The summed E-state index contributed by atoms with van der Waals surface area (Å²) in [6.45, 7) is 0.191. The van der Waals surface area contributed by atoms with Gasteiger partial charge in [-0.1, -0.05) is 0 Å². The van der Waals surface area contributed by atoms with E-state index in [0.29, 0.717) is 34.1 Å². The van der Waals surface area contributed by atoms with Gasteiger partial charge in [0.2, 0.25) is 12.6 Å². The number of carbonyl (C=O) groups excluding carboxylic acids is 1. The van der Waals surface area contributed by atoms with E-state index in [1.807, 2.05) is 0 Å². The summed E-state index contributed by atoms with van der Waals surface area (Å²) >= 11 is 0. The molecule has 0 radical (unpaired) electrons. The van der Waals surface area contributed by atoms with Crippen LogP contribution in [0.25, 0.3) is 11.0 Å². The second-order valence-corrected chi connectivity index (χ2v) is 5.25. The predicted octanol–water partition coefficient (Wildman–Crippen LogP) is 3.41. The summed E-state index contributed by atoms with van der Waals surface area (Å²) in [5.41, 5.74) is 0.965. The Morgan fingerprint density at radius 1 is 1.00 bits per heavy atom. The smallest absolute Gasteiger partial charge is 0.231 e. The number of rotatable bonds is 4. The third-order valence-corrected chi connectivity index (χ3v) is 3.89. The molecule has 2 aromatic carbocycles. The second kappa shape index (κ2) is 5.49. The standard InChI is InChI=1S/C18H14O6/c1-20-11-3-4-12(14(7-11)21-2)18(19)17-6-10-5-15-16(23-9-22-15)8-13(10)24-17/h3-8H,9H2,1-2H3. The van der Waals surface area contributed by atoms with Gasteiger partial charge in [-0.05, 0) is 24.3 Å². The highest BCUT2D eigenvalue weighted by atomic mass is 16.7. The Morgan fingerprint density at radius 2 is 1.79 bits per heavy atom. The van der Waals surface area contributed by atoms with Crippen molar-refractivity contribution in [1.29, 1.82) is 0 Å². The SMILES string of the molecule is COc1ccc(C(=O)c2cc3cc4c(cc3o2)OCO4)c(OC)c1. The molecule has 1 aliphatic heterocycles. The van der Waals surface area contributed by atoms with Crippen LogP contribution in [0.3, 0.4) is 0 Å². The molecule has 0 atom stereocenters. The average Bonchev–Trinajstić information content (AvgIpc) is 3.23. The van der Waals surface area contributed by atoms with Crippen molar-refractivity contribution < 1.29 is 28.2 Å². The quantitative estimate of drug-likeness (QED) is 0.685. The summed E-state index contributed by atoms with van der Waals surface area (Å²) in [7, 11) is 3.06. The van der Waals surface area contributed by atoms with Gasteiger partial charge in [0.05, 0.1) is 19.8 Å². The normalized spacial score (nSPS) is 12.4. The maximum atomic E-state index is 12.8.